The SMILES string of the molecule is CN(C)CCn1c(=O)c(-c2cccc(S(=O)(=O)c3ccccc3)c2)cc2cnc(Nc3ccc(NC4CCNC4)cc3)nc21. The predicted octanol–water partition coefficient (Wildman–Crippen LogP) is 4.37. The van der Waals surface area contributed by atoms with Crippen LogP contribution in [0.25, 0.3) is 22.2 Å². The third kappa shape index (κ3) is 6.35. The van der Waals surface area contributed by atoms with Crippen molar-refractivity contribution in [2.45, 2.75) is 28.8 Å². The van der Waals surface area contributed by atoms with E-state index in [-0.39, 0.29) is 15.4 Å². The number of anilines is 3. The molecule has 0 radical (unpaired) electrons. The summed E-state index contributed by atoms with van der Waals surface area (Å²) in [6.07, 6.45) is 2.79. The van der Waals surface area contributed by atoms with Gasteiger partial charge in [-0.05, 0) is 87.2 Å². The first-order chi connectivity index (χ1) is 21.3. The van der Waals surface area contributed by atoms with Crippen LogP contribution in [0.1, 0.15) is 6.42 Å². The minimum Gasteiger partial charge on any atom is -0.381 e. The Balaban J connectivity index is 1.34. The predicted molar refractivity (Wildman–Crippen MR) is 174 cm³/mol. The first-order valence-electron chi connectivity index (χ1n) is 14.6. The van der Waals surface area contributed by atoms with Crippen LogP contribution in [0.15, 0.2) is 106 Å². The topological polar surface area (TPSA) is 121 Å². The maximum absolute atomic E-state index is 14.0. The zero-order valence-electron chi connectivity index (χ0n) is 24.7. The molecule has 1 aliphatic rings. The summed E-state index contributed by atoms with van der Waals surface area (Å²) in [5.74, 6) is 0.375. The van der Waals surface area contributed by atoms with Crippen LogP contribution in [-0.4, -0.2) is 67.6 Å². The lowest BCUT2D eigenvalue weighted by Gasteiger charge is -2.16. The molecule has 0 spiro atoms. The number of likely N-dealkylation sites (N-methyl/N-ethyl adjacent to an activating group) is 1. The highest BCUT2D eigenvalue weighted by atomic mass is 32.2. The number of fused-ring (bicyclic) bond motifs is 1. The lowest BCUT2D eigenvalue weighted by atomic mass is 10.1. The minimum absolute atomic E-state index is 0.123. The fraction of sp³-hybridized carbons (Fsp3) is 0.242. The Labute approximate surface area is 256 Å². The first kappa shape index (κ1) is 29.5. The first-order valence-corrected chi connectivity index (χ1v) is 16.1. The summed E-state index contributed by atoms with van der Waals surface area (Å²) in [4.78, 5) is 25.6. The normalized spacial score (nSPS) is 15.1. The summed E-state index contributed by atoms with van der Waals surface area (Å²) in [6.45, 7) is 2.99. The second kappa shape index (κ2) is 12.6. The average Bonchev–Trinajstić information content (AvgIpc) is 3.55. The van der Waals surface area contributed by atoms with Crippen LogP contribution in [0.3, 0.4) is 0 Å². The van der Waals surface area contributed by atoms with Gasteiger partial charge in [0, 0.05) is 54.2 Å². The molecule has 0 amide bonds. The number of nitrogens with one attached hydrogen (secondary N) is 3. The number of rotatable bonds is 10. The van der Waals surface area contributed by atoms with Crippen molar-refractivity contribution in [3.63, 3.8) is 0 Å². The quantitative estimate of drug-likeness (QED) is 0.212. The molecule has 11 heteroatoms. The van der Waals surface area contributed by atoms with Crippen LogP contribution >= 0.6 is 0 Å². The van der Waals surface area contributed by atoms with Crippen LogP contribution in [0.4, 0.5) is 17.3 Å². The number of sulfone groups is 1. The molecule has 2 aromatic heterocycles. The van der Waals surface area contributed by atoms with E-state index in [1.807, 2.05) is 43.3 Å². The van der Waals surface area contributed by atoms with Gasteiger partial charge in [-0.25, -0.2) is 13.4 Å². The molecule has 6 rings (SSSR count). The van der Waals surface area contributed by atoms with Gasteiger partial charge in [0.2, 0.25) is 15.8 Å². The average molecular weight is 610 g/mol. The molecule has 5 aromatic rings. The standard InChI is InChI=1S/C33H35N7O3S/c1-39(2)17-18-40-31-24(21-35-33(38-31)37-26-13-11-25(12-14-26)36-27-15-16-34-22-27)20-30(32(40)41)23-7-6-10-29(19-23)44(42,43)28-8-4-3-5-9-28/h3-14,19-21,27,34,36H,15-18,22H2,1-2H3,(H,35,37,38). The molecule has 1 saturated heterocycles. The lowest BCUT2D eigenvalue weighted by molar-refractivity contribution is 0.384. The Bertz CT molecular complexity index is 1940. The van der Waals surface area contributed by atoms with E-state index in [0.717, 1.165) is 30.9 Å². The largest absolute Gasteiger partial charge is 0.381 e. The zero-order valence-corrected chi connectivity index (χ0v) is 25.5. The van der Waals surface area contributed by atoms with Gasteiger partial charge in [-0.2, -0.15) is 4.98 Å². The van der Waals surface area contributed by atoms with Gasteiger partial charge >= 0.3 is 0 Å². The second-order valence-electron chi connectivity index (χ2n) is 11.2. The summed E-state index contributed by atoms with van der Waals surface area (Å²) < 4.78 is 28.3. The van der Waals surface area contributed by atoms with E-state index in [0.29, 0.717) is 47.2 Å². The zero-order chi connectivity index (χ0) is 30.7. The van der Waals surface area contributed by atoms with Crippen molar-refractivity contribution in [3.05, 3.63) is 101 Å². The monoisotopic (exact) mass is 609 g/mol. The summed E-state index contributed by atoms with van der Waals surface area (Å²) in [6, 6.07) is 24.9. The Morgan fingerprint density at radius 1 is 0.955 bits per heavy atom. The Hall–Kier alpha value is -4.58. The van der Waals surface area contributed by atoms with E-state index in [1.165, 1.54) is 0 Å². The number of hydrogen-bond donors (Lipinski definition) is 3. The van der Waals surface area contributed by atoms with Gasteiger partial charge in [0.15, 0.2) is 0 Å². The number of pyridine rings is 1. The van der Waals surface area contributed by atoms with Crippen LogP contribution in [0.2, 0.25) is 0 Å². The molecule has 0 bridgehead atoms. The van der Waals surface area contributed by atoms with Crippen molar-refractivity contribution < 1.29 is 8.42 Å². The second-order valence-corrected chi connectivity index (χ2v) is 13.1. The molecule has 1 aliphatic heterocycles. The van der Waals surface area contributed by atoms with Crippen molar-refractivity contribution in [3.8, 4) is 11.1 Å². The fourth-order valence-corrected chi connectivity index (χ4v) is 6.62. The van der Waals surface area contributed by atoms with E-state index in [2.05, 4.69) is 20.9 Å². The molecule has 3 N–H and O–H groups in total. The highest BCUT2D eigenvalue weighted by molar-refractivity contribution is 7.91. The number of aromatic nitrogens is 3. The molecular formula is C33H35N7O3S. The van der Waals surface area contributed by atoms with Crippen LogP contribution in [0.5, 0.6) is 0 Å². The molecule has 1 atom stereocenters. The van der Waals surface area contributed by atoms with Crippen molar-refractivity contribution >= 4 is 38.2 Å². The van der Waals surface area contributed by atoms with Gasteiger partial charge in [0.05, 0.1) is 9.79 Å². The summed E-state index contributed by atoms with van der Waals surface area (Å²) in [5, 5.41) is 10.8. The molecule has 1 unspecified atom stereocenters. The Kier molecular flexibility index (Phi) is 8.42. The maximum Gasteiger partial charge on any atom is 0.260 e. The van der Waals surface area contributed by atoms with Gasteiger partial charge in [-0.1, -0.05) is 30.3 Å². The van der Waals surface area contributed by atoms with Crippen molar-refractivity contribution in [1.82, 2.24) is 24.8 Å². The Morgan fingerprint density at radius 3 is 2.43 bits per heavy atom. The Morgan fingerprint density at radius 2 is 1.70 bits per heavy atom. The molecule has 0 saturated carbocycles. The van der Waals surface area contributed by atoms with E-state index in [4.69, 9.17) is 4.98 Å². The molecular weight excluding hydrogens is 574 g/mol. The minimum atomic E-state index is -3.76. The number of hydrogen-bond acceptors (Lipinski definition) is 9. The molecule has 0 aliphatic carbocycles. The van der Waals surface area contributed by atoms with Gasteiger partial charge in [0.25, 0.3) is 5.56 Å². The third-order valence-corrected chi connectivity index (χ3v) is 9.45. The summed E-state index contributed by atoms with van der Waals surface area (Å²) >= 11 is 0. The van der Waals surface area contributed by atoms with E-state index >= 15 is 0 Å². The van der Waals surface area contributed by atoms with Crippen molar-refractivity contribution in [2.75, 3.05) is 44.4 Å². The fourth-order valence-electron chi connectivity index (χ4n) is 5.29. The number of nitrogens with zero attached hydrogens (tertiary/aromatic N) is 4. The van der Waals surface area contributed by atoms with Gasteiger partial charge < -0.3 is 20.9 Å². The maximum atomic E-state index is 14.0. The van der Waals surface area contributed by atoms with Crippen LogP contribution in [0, 0.1) is 0 Å². The third-order valence-electron chi connectivity index (χ3n) is 7.68. The molecule has 10 nitrogen and oxygen atoms in total. The van der Waals surface area contributed by atoms with E-state index in [9.17, 15) is 13.2 Å². The van der Waals surface area contributed by atoms with E-state index < -0.39 is 9.84 Å². The highest BCUT2D eigenvalue weighted by Crippen LogP contribution is 2.27. The summed E-state index contributed by atoms with van der Waals surface area (Å²) in [5.41, 5.74) is 3.01. The van der Waals surface area contributed by atoms with Crippen LogP contribution < -0.4 is 21.5 Å². The van der Waals surface area contributed by atoms with Crippen molar-refractivity contribution in [1.29, 1.82) is 0 Å². The molecule has 3 aromatic carbocycles. The molecule has 1 fully saturated rings. The van der Waals surface area contributed by atoms with E-state index in [1.54, 1.807) is 71.4 Å². The molecule has 226 valence electrons. The van der Waals surface area contributed by atoms with Gasteiger partial charge in [0.1, 0.15) is 5.65 Å². The smallest absolute Gasteiger partial charge is 0.260 e. The van der Waals surface area contributed by atoms with Gasteiger partial charge in [-0.15, -0.1) is 0 Å². The number of benzene rings is 3. The van der Waals surface area contributed by atoms with Gasteiger partial charge in [-0.3, -0.25) is 9.36 Å². The highest BCUT2D eigenvalue weighted by Gasteiger charge is 2.20. The lowest BCUT2D eigenvalue weighted by Crippen LogP contribution is -2.28. The molecule has 44 heavy (non-hydrogen) atoms. The molecule has 3 heterocycles. The van der Waals surface area contributed by atoms with Crippen LogP contribution in [-0.2, 0) is 16.4 Å². The van der Waals surface area contributed by atoms with Crippen molar-refractivity contribution in [2.24, 2.45) is 0 Å². The summed E-state index contributed by atoms with van der Waals surface area (Å²) in [7, 11) is 0.130.